The largest absolute Gasteiger partial charge is 0.380 e. The molecule has 2 unspecified atom stereocenters. The van der Waals surface area contributed by atoms with Gasteiger partial charge in [-0.3, -0.25) is 19.7 Å². The Morgan fingerprint density at radius 1 is 1.29 bits per heavy atom. The third-order valence-electron chi connectivity index (χ3n) is 3.74. The number of methoxy groups -OCH3 is 1. The van der Waals surface area contributed by atoms with Crippen molar-refractivity contribution < 1.29 is 19.1 Å². The molecule has 0 aliphatic carbocycles. The number of ether oxygens (including phenoxy) is 1. The number of nitrogens with one attached hydrogen (secondary N) is 3. The highest BCUT2D eigenvalue weighted by molar-refractivity contribution is 6.22. The summed E-state index contributed by atoms with van der Waals surface area (Å²) in [6.07, 6.45) is 0.635. The first-order valence-corrected chi connectivity index (χ1v) is 6.65. The molecular weight excluding hydrogens is 274 g/mol. The fraction of sp³-hybridized carbons (Fsp3) is 0.357. The SMILES string of the molecule is COC1CNC(C(=O)Nc2ccc3c(c2)C(=O)NC3=O)C1. The Morgan fingerprint density at radius 2 is 2.05 bits per heavy atom. The van der Waals surface area contributed by atoms with E-state index in [4.69, 9.17) is 4.74 Å². The molecule has 110 valence electrons. The Bertz CT molecular complexity index is 629. The highest BCUT2D eigenvalue weighted by Gasteiger charge is 2.30. The fourth-order valence-corrected chi connectivity index (χ4v) is 2.56. The maximum atomic E-state index is 12.1. The van der Waals surface area contributed by atoms with Crippen LogP contribution in [0.5, 0.6) is 0 Å². The Morgan fingerprint density at radius 3 is 2.76 bits per heavy atom. The van der Waals surface area contributed by atoms with Crippen LogP contribution in [0.3, 0.4) is 0 Å². The van der Waals surface area contributed by atoms with E-state index >= 15 is 0 Å². The number of hydrogen-bond donors (Lipinski definition) is 3. The van der Waals surface area contributed by atoms with Crippen LogP contribution in [0.4, 0.5) is 5.69 Å². The minimum Gasteiger partial charge on any atom is -0.380 e. The number of amides is 3. The summed E-state index contributed by atoms with van der Waals surface area (Å²) in [5, 5.41) is 8.03. The highest BCUT2D eigenvalue weighted by atomic mass is 16.5. The quantitative estimate of drug-likeness (QED) is 0.674. The van der Waals surface area contributed by atoms with E-state index in [1.165, 1.54) is 12.1 Å². The molecule has 0 aromatic heterocycles. The number of anilines is 1. The van der Waals surface area contributed by atoms with Gasteiger partial charge in [0.05, 0.1) is 23.3 Å². The van der Waals surface area contributed by atoms with Crippen molar-refractivity contribution in [1.82, 2.24) is 10.6 Å². The van der Waals surface area contributed by atoms with Gasteiger partial charge in [0.25, 0.3) is 11.8 Å². The molecular formula is C14H15N3O4. The van der Waals surface area contributed by atoms with Crippen LogP contribution in [0, 0.1) is 0 Å². The maximum absolute atomic E-state index is 12.1. The summed E-state index contributed by atoms with van der Waals surface area (Å²) in [6, 6.07) is 4.33. The van der Waals surface area contributed by atoms with Gasteiger partial charge in [-0.15, -0.1) is 0 Å². The van der Waals surface area contributed by atoms with Crippen molar-refractivity contribution in [2.24, 2.45) is 0 Å². The third kappa shape index (κ3) is 2.53. The minimum atomic E-state index is -0.440. The second-order valence-electron chi connectivity index (χ2n) is 5.09. The summed E-state index contributed by atoms with van der Waals surface area (Å²) < 4.78 is 5.20. The zero-order valence-corrected chi connectivity index (χ0v) is 11.4. The lowest BCUT2D eigenvalue weighted by Crippen LogP contribution is -2.35. The molecule has 3 N–H and O–H groups in total. The van der Waals surface area contributed by atoms with E-state index in [-0.39, 0.29) is 23.6 Å². The average molecular weight is 289 g/mol. The van der Waals surface area contributed by atoms with Gasteiger partial charge in [-0.2, -0.15) is 0 Å². The van der Waals surface area contributed by atoms with E-state index < -0.39 is 11.8 Å². The summed E-state index contributed by atoms with van der Waals surface area (Å²) in [5.41, 5.74) is 1.11. The Kier molecular flexibility index (Phi) is 3.44. The maximum Gasteiger partial charge on any atom is 0.259 e. The number of carbonyl (C=O) groups is 3. The summed E-state index contributed by atoms with van der Waals surface area (Å²) in [7, 11) is 1.61. The first kappa shape index (κ1) is 13.7. The molecule has 0 saturated carbocycles. The van der Waals surface area contributed by atoms with Crippen molar-refractivity contribution in [3.8, 4) is 0 Å². The summed E-state index contributed by atoms with van der Waals surface area (Å²) in [5.74, 6) is -1.03. The molecule has 0 spiro atoms. The van der Waals surface area contributed by atoms with Gasteiger partial charge in [0.15, 0.2) is 0 Å². The molecule has 0 radical (unpaired) electrons. The summed E-state index contributed by atoms with van der Waals surface area (Å²) >= 11 is 0. The normalized spacial score (nSPS) is 23.9. The van der Waals surface area contributed by atoms with Gasteiger partial charge >= 0.3 is 0 Å². The predicted molar refractivity (Wildman–Crippen MR) is 74.1 cm³/mol. The molecule has 1 aromatic carbocycles. The van der Waals surface area contributed by atoms with Crippen LogP contribution >= 0.6 is 0 Å². The molecule has 3 rings (SSSR count). The van der Waals surface area contributed by atoms with Crippen molar-refractivity contribution in [1.29, 1.82) is 0 Å². The Balaban J connectivity index is 1.72. The number of imide groups is 1. The minimum absolute atomic E-state index is 0.0316. The van der Waals surface area contributed by atoms with Crippen LogP contribution in [0.2, 0.25) is 0 Å². The number of rotatable bonds is 3. The summed E-state index contributed by atoms with van der Waals surface area (Å²) in [4.78, 5) is 35.1. The molecule has 7 nitrogen and oxygen atoms in total. The molecule has 1 aromatic rings. The predicted octanol–water partition coefficient (Wildman–Crippen LogP) is -0.114. The van der Waals surface area contributed by atoms with Crippen LogP contribution in [0.15, 0.2) is 18.2 Å². The zero-order chi connectivity index (χ0) is 15.0. The lowest BCUT2D eigenvalue weighted by molar-refractivity contribution is -0.118. The van der Waals surface area contributed by atoms with Crippen LogP contribution in [0.1, 0.15) is 27.1 Å². The monoisotopic (exact) mass is 289 g/mol. The molecule has 7 heteroatoms. The molecule has 2 atom stereocenters. The summed E-state index contributed by atoms with van der Waals surface area (Å²) in [6.45, 7) is 0.635. The van der Waals surface area contributed by atoms with Gasteiger partial charge < -0.3 is 15.4 Å². The van der Waals surface area contributed by atoms with Gasteiger partial charge in [-0.1, -0.05) is 0 Å². The van der Waals surface area contributed by atoms with Gasteiger partial charge in [-0.25, -0.2) is 0 Å². The molecule has 1 fully saturated rings. The van der Waals surface area contributed by atoms with E-state index in [2.05, 4.69) is 16.0 Å². The second-order valence-corrected chi connectivity index (χ2v) is 5.09. The number of benzene rings is 1. The smallest absolute Gasteiger partial charge is 0.259 e. The molecule has 3 amide bonds. The van der Waals surface area contributed by atoms with E-state index in [9.17, 15) is 14.4 Å². The van der Waals surface area contributed by atoms with E-state index in [1.54, 1.807) is 13.2 Å². The zero-order valence-electron chi connectivity index (χ0n) is 11.4. The molecule has 0 bridgehead atoms. The van der Waals surface area contributed by atoms with Crippen molar-refractivity contribution in [3.05, 3.63) is 29.3 Å². The van der Waals surface area contributed by atoms with E-state index in [1.807, 2.05) is 0 Å². The van der Waals surface area contributed by atoms with Crippen LogP contribution in [-0.2, 0) is 9.53 Å². The molecule has 2 aliphatic heterocycles. The number of fused-ring (bicyclic) bond motifs is 1. The first-order valence-electron chi connectivity index (χ1n) is 6.65. The molecule has 21 heavy (non-hydrogen) atoms. The molecule has 2 heterocycles. The molecule has 1 saturated heterocycles. The van der Waals surface area contributed by atoms with Crippen LogP contribution in [-0.4, -0.2) is 43.5 Å². The number of carbonyl (C=O) groups excluding carboxylic acids is 3. The lowest BCUT2D eigenvalue weighted by atomic mass is 10.1. The van der Waals surface area contributed by atoms with Crippen molar-refractivity contribution in [3.63, 3.8) is 0 Å². The number of hydrogen-bond acceptors (Lipinski definition) is 5. The standard InChI is InChI=1S/C14H15N3O4/c1-21-8-5-11(15-6-8)14(20)16-7-2-3-9-10(4-7)13(19)17-12(9)18/h2-4,8,11,15H,5-6H2,1H3,(H,16,20)(H,17,18,19). The van der Waals surface area contributed by atoms with Crippen LogP contribution < -0.4 is 16.0 Å². The van der Waals surface area contributed by atoms with E-state index in [0.717, 1.165) is 0 Å². The van der Waals surface area contributed by atoms with Crippen molar-refractivity contribution in [2.45, 2.75) is 18.6 Å². The van der Waals surface area contributed by atoms with Crippen molar-refractivity contribution >= 4 is 23.4 Å². The van der Waals surface area contributed by atoms with Gasteiger partial charge in [0.2, 0.25) is 5.91 Å². The van der Waals surface area contributed by atoms with Crippen LogP contribution in [0.25, 0.3) is 0 Å². The highest BCUT2D eigenvalue weighted by Crippen LogP contribution is 2.21. The topological polar surface area (TPSA) is 96.5 Å². The fourth-order valence-electron chi connectivity index (χ4n) is 2.56. The Hall–Kier alpha value is -2.25. The van der Waals surface area contributed by atoms with Gasteiger partial charge in [-0.05, 0) is 24.6 Å². The van der Waals surface area contributed by atoms with E-state index in [0.29, 0.717) is 24.2 Å². The first-order chi connectivity index (χ1) is 10.1. The average Bonchev–Trinajstić information content (AvgIpc) is 3.05. The molecule has 2 aliphatic rings. The third-order valence-corrected chi connectivity index (χ3v) is 3.74. The van der Waals surface area contributed by atoms with Gasteiger partial charge in [0, 0.05) is 19.3 Å². The Labute approximate surface area is 121 Å². The van der Waals surface area contributed by atoms with Crippen molar-refractivity contribution in [2.75, 3.05) is 19.0 Å². The lowest BCUT2D eigenvalue weighted by Gasteiger charge is -2.11. The second kappa shape index (κ2) is 5.27. The van der Waals surface area contributed by atoms with Gasteiger partial charge in [0.1, 0.15) is 0 Å².